The Labute approximate surface area is 140 Å². The Kier molecular flexibility index (Phi) is 7.48. The number of nitrogens with zero attached hydrogens (tertiary/aromatic N) is 1. The van der Waals surface area contributed by atoms with Gasteiger partial charge in [0.2, 0.25) is 0 Å². The van der Waals surface area contributed by atoms with Crippen LogP contribution in [0.3, 0.4) is 0 Å². The molecule has 0 fully saturated rings. The molecule has 0 aliphatic rings. The Morgan fingerprint density at radius 2 is 1.82 bits per heavy atom. The van der Waals surface area contributed by atoms with E-state index in [1.165, 1.54) is 17.0 Å². The van der Waals surface area contributed by atoms with Crippen molar-refractivity contribution in [1.29, 1.82) is 0 Å². The van der Waals surface area contributed by atoms with Gasteiger partial charge in [-0.2, -0.15) is 0 Å². The Morgan fingerprint density at radius 1 is 1.14 bits per heavy atom. The van der Waals surface area contributed by atoms with Crippen molar-refractivity contribution in [2.45, 2.75) is 27.2 Å². The topological polar surface area (TPSA) is 55.8 Å². The van der Waals surface area contributed by atoms with Gasteiger partial charge in [-0.1, -0.05) is 30.1 Å². The van der Waals surface area contributed by atoms with Crippen LogP contribution in [0.15, 0.2) is 12.1 Å². The van der Waals surface area contributed by atoms with E-state index < -0.39 is 12.1 Å². The molecule has 0 bridgehead atoms. The fraction of sp³-hybridized carbons (Fsp3) is 0.467. The predicted octanol–water partition coefficient (Wildman–Crippen LogP) is 4.54. The quantitative estimate of drug-likeness (QED) is 0.708. The fourth-order valence-corrected chi connectivity index (χ4v) is 2.24. The van der Waals surface area contributed by atoms with Crippen LogP contribution >= 0.6 is 23.2 Å². The predicted molar refractivity (Wildman–Crippen MR) is 87.1 cm³/mol. The largest absolute Gasteiger partial charge is 0.462 e. The Hall–Kier alpha value is -1.46. The highest BCUT2D eigenvalue weighted by Crippen LogP contribution is 2.36. The first-order chi connectivity index (χ1) is 10.5. The van der Waals surface area contributed by atoms with Crippen molar-refractivity contribution in [3.63, 3.8) is 0 Å². The molecule has 7 heteroatoms. The zero-order valence-electron chi connectivity index (χ0n) is 12.8. The van der Waals surface area contributed by atoms with Crippen molar-refractivity contribution < 1.29 is 19.1 Å². The summed E-state index contributed by atoms with van der Waals surface area (Å²) >= 11 is 12.2. The SMILES string of the molecule is CCCOC(=O)N(CC)c1c(C(=O)OCC)ccc(Cl)c1Cl. The lowest BCUT2D eigenvalue weighted by Crippen LogP contribution is -2.33. The van der Waals surface area contributed by atoms with E-state index in [1.54, 1.807) is 13.8 Å². The summed E-state index contributed by atoms with van der Waals surface area (Å²) in [5, 5.41) is 0.356. The molecule has 122 valence electrons. The Balaban J connectivity index is 3.31. The smallest absolute Gasteiger partial charge is 0.414 e. The first kappa shape index (κ1) is 18.6. The monoisotopic (exact) mass is 347 g/mol. The lowest BCUT2D eigenvalue weighted by molar-refractivity contribution is 0.0527. The summed E-state index contributed by atoms with van der Waals surface area (Å²) in [6.45, 7) is 6.10. The molecule has 0 saturated heterocycles. The number of rotatable bonds is 6. The van der Waals surface area contributed by atoms with E-state index in [0.717, 1.165) is 0 Å². The number of carbonyl (C=O) groups excluding carboxylic acids is 2. The maximum Gasteiger partial charge on any atom is 0.414 e. The van der Waals surface area contributed by atoms with Gasteiger partial charge >= 0.3 is 12.1 Å². The third-order valence-corrected chi connectivity index (χ3v) is 3.59. The molecule has 1 aromatic carbocycles. The maximum absolute atomic E-state index is 12.2. The van der Waals surface area contributed by atoms with E-state index in [-0.39, 0.29) is 41.1 Å². The molecule has 1 rings (SSSR count). The molecule has 0 unspecified atom stereocenters. The molecule has 0 aliphatic heterocycles. The van der Waals surface area contributed by atoms with E-state index in [1.807, 2.05) is 6.92 Å². The van der Waals surface area contributed by atoms with Gasteiger partial charge in [0.25, 0.3) is 0 Å². The van der Waals surface area contributed by atoms with E-state index in [2.05, 4.69) is 0 Å². The van der Waals surface area contributed by atoms with Crippen LogP contribution in [0.1, 0.15) is 37.6 Å². The number of benzene rings is 1. The van der Waals surface area contributed by atoms with E-state index in [9.17, 15) is 9.59 Å². The molecular formula is C15H19Cl2NO4. The van der Waals surface area contributed by atoms with Crippen molar-refractivity contribution in [2.75, 3.05) is 24.7 Å². The van der Waals surface area contributed by atoms with Gasteiger partial charge in [-0.05, 0) is 32.4 Å². The van der Waals surface area contributed by atoms with Crippen molar-refractivity contribution in [3.8, 4) is 0 Å². The van der Waals surface area contributed by atoms with Crippen LogP contribution in [0.5, 0.6) is 0 Å². The molecule has 0 aromatic heterocycles. The van der Waals surface area contributed by atoms with E-state index in [4.69, 9.17) is 32.7 Å². The molecule has 0 spiro atoms. The van der Waals surface area contributed by atoms with E-state index >= 15 is 0 Å². The second kappa shape index (κ2) is 8.86. The Morgan fingerprint density at radius 3 is 2.36 bits per heavy atom. The minimum Gasteiger partial charge on any atom is -0.462 e. The zero-order chi connectivity index (χ0) is 16.7. The summed E-state index contributed by atoms with van der Waals surface area (Å²) in [6.07, 6.45) is 0.108. The number of carbonyl (C=O) groups is 2. The van der Waals surface area contributed by atoms with Gasteiger partial charge in [0.05, 0.1) is 34.5 Å². The first-order valence-electron chi connectivity index (χ1n) is 7.07. The minimum absolute atomic E-state index is 0.113. The third-order valence-electron chi connectivity index (χ3n) is 2.80. The van der Waals surface area contributed by atoms with Crippen molar-refractivity contribution >= 4 is 41.0 Å². The third kappa shape index (κ3) is 4.27. The highest BCUT2D eigenvalue weighted by Gasteiger charge is 2.26. The lowest BCUT2D eigenvalue weighted by Gasteiger charge is -2.24. The van der Waals surface area contributed by atoms with Crippen molar-refractivity contribution in [3.05, 3.63) is 27.7 Å². The fourth-order valence-electron chi connectivity index (χ4n) is 1.82. The molecular weight excluding hydrogens is 329 g/mol. The number of halogens is 2. The molecule has 0 heterocycles. The molecule has 0 saturated carbocycles. The summed E-state index contributed by atoms with van der Waals surface area (Å²) < 4.78 is 10.1. The van der Waals surface area contributed by atoms with Crippen LogP contribution in [0.4, 0.5) is 10.5 Å². The number of amides is 1. The summed E-state index contributed by atoms with van der Waals surface area (Å²) in [6, 6.07) is 2.97. The molecule has 1 amide bonds. The molecule has 22 heavy (non-hydrogen) atoms. The van der Waals surface area contributed by atoms with Gasteiger partial charge in [-0.15, -0.1) is 0 Å². The zero-order valence-corrected chi connectivity index (χ0v) is 14.3. The van der Waals surface area contributed by atoms with Crippen molar-refractivity contribution in [2.24, 2.45) is 0 Å². The number of ether oxygens (including phenoxy) is 2. The second-order valence-corrected chi connectivity index (χ2v) is 5.12. The standard InChI is InChI=1S/C15H19Cl2NO4/c1-4-9-22-15(20)18(5-2)13-10(14(19)21-6-3)7-8-11(16)12(13)17/h7-8H,4-6,9H2,1-3H3. The maximum atomic E-state index is 12.2. The van der Waals surface area contributed by atoms with Crippen LogP contribution in [-0.4, -0.2) is 31.8 Å². The summed E-state index contributed by atoms with van der Waals surface area (Å²) in [5.41, 5.74) is 0.378. The highest BCUT2D eigenvalue weighted by molar-refractivity contribution is 6.44. The van der Waals surface area contributed by atoms with Gasteiger partial charge in [0.1, 0.15) is 0 Å². The average Bonchev–Trinajstić information content (AvgIpc) is 2.50. The molecule has 0 atom stereocenters. The normalized spacial score (nSPS) is 10.2. The van der Waals surface area contributed by atoms with E-state index in [0.29, 0.717) is 6.42 Å². The summed E-state index contributed by atoms with van der Waals surface area (Å²) in [4.78, 5) is 25.5. The number of hydrogen-bond donors (Lipinski definition) is 0. The average molecular weight is 348 g/mol. The minimum atomic E-state index is -0.584. The van der Waals surface area contributed by atoms with Gasteiger partial charge in [-0.25, -0.2) is 9.59 Å². The summed E-state index contributed by atoms with van der Waals surface area (Å²) in [7, 11) is 0. The van der Waals surface area contributed by atoms with Gasteiger partial charge in [-0.3, -0.25) is 4.90 Å². The van der Waals surface area contributed by atoms with Crippen LogP contribution < -0.4 is 4.90 Å². The van der Waals surface area contributed by atoms with Gasteiger partial charge in [0, 0.05) is 6.54 Å². The molecule has 0 radical (unpaired) electrons. The van der Waals surface area contributed by atoms with Crippen LogP contribution in [0.25, 0.3) is 0 Å². The highest BCUT2D eigenvalue weighted by atomic mass is 35.5. The Bertz CT molecular complexity index is 549. The lowest BCUT2D eigenvalue weighted by atomic mass is 10.1. The first-order valence-corrected chi connectivity index (χ1v) is 7.82. The summed E-state index contributed by atoms with van der Waals surface area (Å²) in [5.74, 6) is -0.571. The molecule has 0 aliphatic carbocycles. The van der Waals surface area contributed by atoms with Crippen molar-refractivity contribution in [1.82, 2.24) is 0 Å². The van der Waals surface area contributed by atoms with Gasteiger partial charge < -0.3 is 9.47 Å². The van der Waals surface area contributed by atoms with Gasteiger partial charge in [0.15, 0.2) is 0 Å². The second-order valence-electron chi connectivity index (χ2n) is 4.34. The molecule has 5 nitrogen and oxygen atoms in total. The van der Waals surface area contributed by atoms with Crippen LogP contribution in [0, 0.1) is 0 Å². The van der Waals surface area contributed by atoms with Crippen LogP contribution in [0.2, 0.25) is 10.0 Å². The van der Waals surface area contributed by atoms with Crippen LogP contribution in [-0.2, 0) is 9.47 Å². The number of hydrogen-bond acceptors (Lipinski definition) is 4. The molecule has 1 aromatic rings. The number of esters is 1. The number of anilines is 1. The molecule has 0 N–H and O–H groups in total.